The predicted molar refractivity (Wildman–Crippen MR) is 129 cm³/mol. The zero-order valence-corrected chi connectivity index (χ0v) is 21.7. The van der Waals surface area contributed by atoms with Crippen LogP contribution in [0.1, 0.15) is 34.1 Å². The number of esters is 1. The van der Waals surface area contributed by atoms with Crippen LogP contribution < -0.4 is 16.0 Å². The second kappa shape index (κ2) is 11.0. The number of thioether (sulfide) groups is 2. The van der Waals surface area contributed by atoms with Crippen molar-refractivity contribution in [3.05, 3.63) is 22.4 Å². The molecule has 0 bridgehead atoms. The Bertz CT molecular complexity index is 1030. The molecule has 13 nitrogen and oxygen atoms in total. The van der Waals surface area contributed by atoms with Gasteiger partial charge in [-0.15, -0.1) is 11.8 Å². The summed E-state index contributed by atoms with van der Waals surface area (Å²) < 4.78 is 10.2. The van der Waals surface area contributed by atoms with Gasteiger partial charge in [0.05, 0.1) is 5.70 Å². The minimum Gasteiger partial charge on any atom is -0.477 e. The van der Waals surface area contributed by atoms with Crippen molar-refractivity contribution in [3.63, 3.8) is 0 Å². The van der Waals surface area contributed by atoms with E-state index < -0.39 is 58.5 Å². The number of carboxylic acid groups (broad SMARTS) is 1. The van der Waals surface area contributed by atoms with Crippen LogP contribution in [0, 0.1) is 0 Å². The molecule has 1 saturated heterocycles. The Morgan fingerprint density at radius 2 is 2.00 bits per heavy atom. The van der Waals surface area contributed by atoms with Crippen LogP contribution in [-0.4, -0.2) is 85.9 Å². The zero-order chi connectivity index (χ0) is 26.8. The topological polar surface area (TPSA) is 184 Å². The summed E-state index contributed by atoms with van der Waals surface area (Å²) in [5.74, 6) is -3.28. The van der Waals surface area contributed by atoms with Crippen LogP contribution in [0.5, 0.6) is 0 Å². The summed E-state index contributed by atoms with van der Waals surface area (Å²) in [7, 11) is 0. The molecule has 3 heterocycles. The first-order valence-electron chi connectivity index (χ1n) is 11.0. The van der Waals surface area contributed by atoms with Gasteiger partial charge in [0.25, 0.3) is 11.8 Å². The first-order chi connectivity index (χ1) is 16.8. The van der Waals surface area contributed by atoms with Gasteiger partial charge in [-0.25, -0.2) is 9.59 Å². The zero-order valence-electron chi connectivity index (χ0n) is 20.0. The third-order valence-electron chi connectivity index (χ3n) is 5.64. The molecule has 15 heteroatoms. The molecule has 2 unspecified atom stereocenters. The molecule has 4 atom stereocenters. The SMILES string of the molecule is CCC(C)(C)OC(=O)NC1NC(C(O)C(=O)N[C@@H]2C(=O)N3C(C(=O)O)=C(COC(C)=O)CS[C@H]23)=CS1. The Morgan fingerprint density at radius 3 is 2.61 bits per heavy atom. The average Bonchev–Trinajstić information content (AvgIpc) is 3.27. The molecule has 0 radical (unpaired) electrons. The van der Waals surface area contributed by atoms with E-state index in [1.54, 1.807) is 13.8 Å². The summed E-state index contributed by atoms with van der Waals surface area (Å²) >= 11 is 2.32. The highest BCUT2D eigenvalue weighted by atomic mass is 32.2. The van der Waals surface area contributed by atoms with Gasteiger partial charge in [-0.2, -0.15) is 0 Å². The molecule has 0 aromatic heterocycles. The summed E-state index contributed by atoms with van der Waals surface area (Å²) in [5, 5.41) is 28.7. The molecule has 3 rings (SSSR count). The van der Waals surface area contributed by atoms with Gasteiger partial charge in [-0.3, -0.25) is 24.6 Å². The van der Waals surface area contributed by atoms with Crippen LogP contribution in [0.25, 0.3) is 0 Å². The van der Waals surface area contributed by atoms with Crippen LogP contribution in [0.4, 0.5) is 4.79 Å². The Labute approximate surface area is 215 Å². The third-order valence-corrected chi connectivity index (χ3v) is 7.88. The largest absolute Gasteiger partial charge is 0.477 e. The fourth-order valence-corrected chi connectivity index (χ4v) is 5.57. The van der Waals surface area contributed by atoms with E-state index >= 15 is 0 Å². The van der Waals surface area contributed by atoms with Crippen LogP contribution in [0.3, 0.4) is 0 Å². The number of nitrogens with zero attached hydrogens (tertiary/aromatic N) is 1. The van der Waals surface area contributed by atoms with Crippen molar-refractivity contribution >= 4 is 53.4 Å². The molecule has 198 valence electrons. The smallest absolute Gasteiger partial charge is 0.409 e. The summed E-state index contributed by atoms with van der Waals surface area (Å²) in [6.07, 6.45) is -1.70. The van der Waals surface area contributed by atoms with Crippen LogP contribution in [0.15, 0.2) is 22.4 Å². The van der Waals surface area contributed by atoms with E-state index in [0.717, 1.165) is 16.7 Å². The molecule has 5 N–H and O–H groups in total. The van der Waals surface area contributed by atoms with Crippen molar-refractivity contribution in [2.24, 2.45) is 0 Å². The summed E-state index contributed by atoms with van der Waals surface area (Å²) in [5.41, 5.74) is -1.21. The highest BCUT2D eigenvalue weighted by molar-refractivity contribution is 8.02. The van der Waals surface area contributed by atoms with Gasteiger partial charge < -0.3 is 30.3 Å². The van der Waals surface area contributed by atoms with E-state index in [2.05, 4.69) is 16.0 Å². The van der Waals surface area contributed by atoms with Crippen LogP contribution in [-0.2, 0) is 28.7 Å². The first-order valence-corrected chi connectivity index (χ1v) is 13.0. The number of nitrogens with one attached hydrogen (secondary N) is 3. The maximum atomic E-state index is 12.7. The fraction of sp³-hybridized carbons (Fsp3) is 0.571. The Morgan fingerprint density at radius 1 is 1.31 bits per heavy atom. The Kier molecular flexibility index (Phi) is 8.46. The van der Waals surface area contributed by atoms with Crippen molar-refractivity contribution < 1.29 is 43.7 Å². The van der Waals surface area contributed by atoms with E-state index in [9.17, 15) is 34.2 Å². The number of fused-ring (bicyclic) bond motifs is 1. The summed E-state index contributed by atoms with van der Waals surface area (Å²) in [6.45, 7) is 6.34. The second-order valence-corrected chi connectivity index (χ2v) is 10.8. The van der Waals surface area contributed by atoms with E-state index in [1.165, 1.54) is 24.1 Å². The number of aliphatic carboxylic acids is 1. The van der Waals surface area contributed by atoms with E-state index in [-0.39, 0.29) is 29.3 Å². The van der Waals surface area contributed by atoms with Gasteiger partial charge in [0, 0.05) is 18.2 Å². The predicted octanol–water partition coefficient (Wildman–Crippen LogP) is 0.0252. The third kappa shape index (κ3) is 6.07. The Balaban J connectivity index is 1.56. The number of hydrogen-bond acceptors (Lipinski definition) is 11. The van der Waals surface area contributed by atoms with Crippen LogP contribution >= 0.6 is 23.5 Å². The molecular weight excluding hydrogens is 516 g/mol. The number of carbonyl (C=O) groups excluding carboxylic acids is 4. The lowest BCUT2D eigenvalue weighted by Crippen LogP contribution is -2.71. The molecule has 3 aliphatic rings. The molecule has 0 aliphatic carbocycles. The van der Waals surface area contributed by atoms with Gasteiger partial charge in [0.15, 0.2) is 11.6 Å². The number of ether oxygens (including phenoxy) is 2. The molecule has 1 fully saturated rings. The first kappa shape index (κ1) is 27.7. The average molecular weight is 545 g/mol. The van der Waals surface area contributed by atoms with E-state index in [1.807, 2.05) is 6.92 Å². The minimum absolute atomic E-state index is 0.118. The standard InChI is InChI=1S/C21H28N4O9S2/c1-5-21(3,4)34-20(32)24-19-22-11(8-36-19)14(27)15(28)23-12-16(29)25-13(18(30)31)10(6-33-9(2)26)7-35-17(12)25/h8,12,14,17,19,22,27H,5-7H2,1-4H3,(H,23,28)(H,24,32)(H,30,31)/t12-,14?,17-,19?/m1/s1. The van der Waals surface area contributed by atoms with Crippen molar-refractivity contribution in [2.45, 2.75) is 62.7 Å². The summed E-state index contributed by atoms with van der Waals surface area (Å²) in [4.78, 5) is 61.3. The number of rotatable bonds is 9. The highest BCUT2D eigenvalue weighted by Gasteiger charge is 2.54. The lowest BCUT2D eigenvalue weighted by atomic mass is 10.0. The maximum Gasteiger partial charge on any atom is 0.409 e. The number of aliphatic hydroxyl groups is 1. The van der Waals surface area contributed by atoms with E-state index in [0.29, 0.717) is 6.42 Å². The molecule has 3 aliphatic heterocycles. The number of carboxylic acids is 1. The molecule has 0 aromatic rings. The number of alkyl carbamates (subject to hydrolysis) is 1. The molecule has 0 aromatic carbocycles. The van der Waals surface area contributed by atoms with Crippen molar-refractivity contribution in [3.8, 4) is 0 Å². The van der Waals surface area contributed by atoms with Crippen molar-refractivity contribution in [1.82, 2.24) is 20.9 Å². The Hall–Kier alpha value is -2.91. The second-order valence-electron chi connectivity index (χ2n) is 8.72. The molecule has 3 amide bonds. The van der Waals surface area contributed by atoms with Crippen LogP contribution in [0.2, 0.25) is 0 Å². The van der Waals surface area contributed by atoms with Gasteiger partial charge in [0.2, 0.25) is 0 Å². The normalized spacial score (nSPS) is 24.0. The van der Waals surface area contributed by atoms with Gasteiger partial charge >= 0.3 is 18.0 Å². The maximum absolute atomic E-state index is 12.7. The van der Waals surface area contributed by atoms with Crippen molar-refractivity contribution in [2.75, 3.05) is 12.4 Å². The number of β-lactam (4-membered cyclic amide) rings is 1. The van der Waals surface area contributed by atoms with Crippen molar-refractivity contribution in [1.29, 1.82) is 0 Å². The van der Waals surface area contributed by atoms with E-state index in [4.69, 9.17) is 9.47 Å². The van der Waals surface area contributed by atoms with Gasteiger partial charge in [0.1, 0.15) is 29.3 Å². The molecular formula is C21H28N4O9S2. The summed E-state index contributed by atoms with van der Waals surface area (Å²) in [6, 6.07) is -1.04. The number of hydrogen-bond donors (Lipinski definition) is 5. The number of carbonyl (C=O) groups is 5. The molecule has 0 spiro atoms. The fourth-order valence-electron chi connectivity index (χ4n) is 3.39. The number of aliphatic hydroxyl groups excluding tert-OH is 1. The van der Waals surface area contributed by atoms with Gasteiger partial charge in [-0.05, 0) is 25.7 Å². The monoisotopic (exact) mass is 544 g/mol. The molecule has 0 saturated carbocycles. The number of amides is 3. The quantitative estimate of drug-likeness (QED) is 0.194. The highest BCUT2D eigenvalue weighted by Crippen LogP contribution is 2.40. The lowest BCUT2D eigenvalue weighted by molar-refractivity contribution is -0.151. The minimum atomic E-state index is -1.66. The van der Waals surface area contributed by atoms with Gasteiger partial charge in [-0.1, -0.05) is 18.7 Å². The lowest BCUT2D eigenvalue weighted by Gasteiger charge is -2.49. The molecule has 36 heavy (non-hydrogen) atoms.